The Morgan fingerprint density at radius 2 is 1.79 bits per heavy atom. The van der Waals surface area contributed by atoms with E-state index in [0.29, 0.717) is 10.8 Å². The van der Waals surface area contributed by atoms with Crippen LogP contribution in [0.15, 0.2) is 36.4 Å². The lowest BCUT2D eigenvalue weighted by Gasteiger charge is -2.41. The molecule has 0 bridgehead atoms. The summed E-state index contributed by atoms with van der Waals surface area (Å²) in [6, 6.07) is 8.41. The molecular weight excluding hydrogens is 536 g/mol. The first-order valence-electron chi connectivity index (χ1n) is 11.7. The fourth-order valence-corrected chi connectivity index (χ4v) is 5.65. The van der Waals surface area contributed by atoms with Crippen molar-refractivity contribution < 1.29 is 35.9 Å². The molecular formula is C24H21F6N5O2S. The second kappa shape index (κ2) is 9.71. The zero-order chi connectivity index (χ0) is 27.1. The molecule has 1 atom stereocenters. The number of alkyl halides is 6. The zero-order valence-electron chi connectivity index (χ0n) is 19.6. The van der Waals surface area contributed by atoms with Crippen LogP contribution < -0.4 is 10.1 Å². The van der Waals surface area contributed by atoms with Crippen molar-refractivity contribution in [3.8, 4) is 5.75 Å². The highest BCUT2D eigenvalue weighted by molar-refractivity contribution is 7.13. The molecule has 3 heterocycles. The zero-order valence-corrected chi connectivity index (χ0v) is 20.4. The number of aromatic nitrogens is 4. The molecule has 0 saturated heterocycles. The molecule has 3 aromatic rings. The molecule has 14 heteroatoms. The SMILES string of the molecule is O=C1NC(c2ccc(OCCCC(F)(F)F)cc2)(C(F)(F)F)CC(c2ccc(C3CC3)s2)=C1c1nnn[nH]1. The first kappa shape index (κ1) is 26.2. The number of hydrogen-bond acceptors (Lipinski definition) is 6. The molecule has 202 valence electrons. The van der Waals surface area contributed by atoms with E-state index < -0.39 is 36.6 Å². The second-order valence-corrected chi connectivity index (χ2v) is 10.3. The Hall–Kier alpha value is -3.42. The van der Waals surface area contributed by atoms with Crippen molar-refractivity contribution in [2.45, 2.75) is 55.9 Å². The number of thiophene rings is 1. The predicted octanol–water partition coefficient (Wildman–Crippen LogP) is 5.75. The van der Waals surface area contributed by atoms with Crippen molar-refractivity contribution >= 4 is 28.4 Å². The van der Waals surface area contributed by atoms with E-state index in [1.54, 1.807) is 6.07 Å². The normalized spacial score (nSPS) is 20.5. The molecule has 5 rings (SSSR count). The first-order valence-corrected chi connectivity index (χ1v) is 12.6. The fourth-order valence-electron chi connectivity index (χ4n) is 4.43. The first-order chi connectivity index (χ1) is 18.0. The minimum atomic E-state index is -4.90. The van der Waals surface area contributed by atoms with Crippen molar-refractivity contribution in [2.24, 2.45) is 0 Å². The summed E-state index contributed by atoms with van der Waals surface area (Å²) in [6.07, 6.45) is -9.13. The van der Waals surface area contributed by atoms with E-state index in [2.05, 4.69) is 25.9 Å². The molecule has 0 radical (unpaired) electrons. The number of nitrogens with zero attached hydrogens (tertiary/aromatic N) is 3. The lowest BCUT2D eigenvalue weighted by Crippen LogP contribution is -2.58. The largest absolute Gasteiger partial charge is 0.494 e. The number of carbonyl (C=O) groups is 1. The molecule has 0 spiro atoms. The van der Waals surface area contributed by atoms with Gasteiger partial charge in [-0.05, 0) is 71.0 Å². The Labute approximate surface area is 216 Å². The van der Waals surface area contributed by atoms with E-state index in [1.807, 2.05) is 6.07 Å². The van der Waals surface area contributed by atoms with E-state index in [-0.39, 0.29) is 41.3 Å². The molecule has 1 saturated carbocycles. The highest BCUT2D eigenvalue weighted by atomic mass is 32.1. The van der Waals surface area contributed by atoms with Crippen LogP contribution in [0, 0.1) is 0 Å². The maximum absolute atomic E-state index is 14.8. The number of benzene rings is 1. The maximum Gasteiger partial charge on any atom is 0.416 e. The summed E-state index contributed by atoms with van der Waals surface area (Å²) >= 11 is 1.35. The third-order valence-corrected chi connectivity index (χ3v) is 7.80. The summed E-state index contributed by atoms with van der Waals surface area (Å²) < 4.78 is 86.7. The number of nitrogens with one attached hydrogen (secondary N) is 2. The van der Waals surface area contributed by atoms with Crippen molar-refractivity contribution in [3.63, 3.8) is 0 Å². The van der Waals surface area contributed by atoms with Crippen molar-refractivity contribution in [2.75, 3.05) is 6.61 Å². The van der Waals surface area contributed by atoms with Gasteiger partial charge in [0, 0.05) is 22.6 Å². The van der Waals surface area contributed by atoms with Crippen LogP contribution in [0.3, 0.4) is 0 Å². The number of tetrazole rings is 1. The minimum Gasteiger partial charge on any atom is -0.494 e. The predicted molar refractivity (Wildman–Crippen MR) is 125 cm³/mol. The fraction of sp³-hybridized carbons (Fsp3) is 0.417. The van der Waals surface area contributed by atoms with Crippen LogP contribution in [0.2, 0.25) is 0 Å². The Bertz CT molecular complexity index is 1330. The lowest BCUT2D eigenvalue weighted by molar-refractivity contribution is -0.201. The summed E-state index contributed by atoms with van der Waals surface area (Å²) in [5, 5.41) is 15.3. The van der Waals surface area contributed by atoms with Gasteiger partial charge in [0.25, 0.3) is 5.91 Å². The van der Waals surface area contributed by atoms with Gasteiger partial charge in [0.15, 0.2) is 11.4 Å². The van der Waals surface area contributed by atoms with Crippen LogP contribution in [-0.4, -0.2) is 45.5 Å². The van der Waals surface area contributed by atoms with E-state index in [1.165, 1.54) is 23.5 Å². The van der Waals surface area contributed by atoms with E-state index in [0.717, 1.165) is 29.9 Å². The van der Waals surface area contributed by atoms with Gasteiger partial charge in [-0.2, -0.15) is 26.3 Å². The number of ether oxygens (including phenoxy) is 1. The summed E-state index contributed by atoms with van der Waals surface area (Å²) in [6.45, 7) is -0.247. The number of H-pyrrole nitrogens is 1. The van der Waals surface area contributed by atoms with Crippen molar-refractivity contribution in [3.05, 3.63) is 57.5 Å². The van der Waals surface area contributed by atoms with E-state index in [9.17, 15) is 31.1 Å². The highest BCUT2D eigenvalue weighted by Gasteiger charge is 2.60. The number of hydrogen-bond donors (Lipinski definition) is 2. The van der Waals surface area contributed by atoms with Crippen molar-refractivity contribution in [1.82, 2.24) is 25.9 Å². The highest BCUT2D eigenvalue weighted by Crippen LogP contribution is 2.52. The Balaban J connectivity index is 1.49. The van der Waals surface area contributed by atoms with Crippen LogP contribution in [-0.2, 0) is 10.3 Å². The van der Waals surface area contributed by atoms with Gasteiger partial charge in [-0.3, -0.25) is 4.79 Å². The number of halogens is 6. The third-order valence-electron chi connectivity index (χ3n) is 6.49. The summed E-state index contributed by atoms with van der Waals surface area (Å²) in [4.78, 5) is 14.9. The standard InChI is InChI=1S/C24H21F6N5O2S/c25-23(26,27)10-1-11-37-15-6-4-14(5-7-15)22(24(28,29)30)12-16(18-9-8-17(38-18)13-2-3-13)19(21(36)31-22)20-32-34-35-33-20/h4-9,13H,1-3,10-12H2,(H,31,36)(H,32,33,34,35). The number of aromatic amines is 1. The Morgan fingerprint density at radius 1 is 1.05 bits per heavy atom. The van der Waals surface area contributed by atoms with Gasteiger partial charge in [-0.1, -0.05) is 12.1 Å². The smallest absolute Gasteiger partial charge is 0.416 e. The molecule has 38 heavy (non-hydrogen) atoms. The van der Waals surface area contributed by atoms with Gasteiger partial charge in [0.2, 0.25) is 0 Å². The average molecular weight is 558 g/mol. The molecule has 7 nitrogen and oxygen atoms in total. The van der Waals surface area contributed by atoms with Gasteiger partial charge >= 0.3 is 12.4 Å². The summed E-state index contributed by atoms with van der Waals surface area (Å²) in [5.74, 6) is -0.543. The molecule has 1 aliphatic carbocycles. The number of carbonyl (C=O) groups excluding carboxylic acids is 1. The maximum atomic E-state index is 14.8. The van der Waals surface area contributed by atoms with E-state index in [4.69, 9.17) is 4.74 Å². The monoisotopic (exact) mass is 557 g/mol. The topological polar surface area (TPSA) is 92.8 Å². The molecule has 2 N–H and O–H groups in total. The average Bonchev–Trinajstić information content (AvgIpc) is 3.34. The van der Waals surface area contributed by atoms with Crippen LogP contribution in [0.1, 0.15) is 59.2 Å². The van der Waals surface area contributed by atoms with Crippen molar-refractivity contribution in [1.29, 1.82) is 0 Å². The molecule has 1 fully saturated rings. The van der Waals surface area contributed by atoms with Gasteiger partial charge in [-0.25, -0.2) is 5.10 Å². The Morgan fingerprint density at radius 3 is 2.39 bits per heavy atom. The third kappa shape index (κ3) is 5.26. The van der Waals surface area contributed by atoms with Gasteiger partial charge < -0.3 is 10.1 Å². The Kier molecular flexibility index (Phi) is 6.70. The van der Waals surface area contributed by atoms with Crippen LogP contribution in [0.5, 0.6) is 5.75 Å². The summed E-state index contributed by atoms with van der Waals surface area (Å²) in [7, 11) is 0. The number of rotatable bonds is 8. The van der Waals surface area contributed by atoms with Gasteiger partial charge in [0.05, 0.1) is 12.2 Å². The van der Waals surface area contributed by atoms with E-state index >= 15 is 0 Å². The lowest BCUT2D eigenvalue weighted by atomic mass is 9.78. The molecule has 1 aromatic carbocycles. The molecule has 1 aliphatic heterocycles. The molecule has 2 aromatic heterocycles. The number of amides is 1. The molecule has 1 unspecified atom stereocenters. The van der Waals surface area contributed by atoms with Crippen LogP contribution in [0.4, 0.5) is 26.3 Å². The molecule has 2 aliphatic rings. The van der Waals surface area contributed by atoms with Crippen LogP contribution in [0.25, 0.3) is 11.1 Å². The van der Waals surface area contributed by atoms with Gasteiger partial charge in [0.1, 0.15) is 5.75 Å². The molecule has 1 amide bonds. The quantitative estimate of drug-likeness (QED) is 0.272. The summed E-state index contributed by atoms with van der Waals surface area (Å²) in [5.41, 5.74) is -2.92. The second-order valence-electron chi connectivity index (χ2n) is 9.21. The van der Waals surface area contributed by atoms with Crippen LogP contribution >= 0.6 is 11.3 Å². The van der Waals surface area contributed by atoms with Gasteiger partial charge in [-0.15, -0.1) is 16.4 Å². The minimum absolute atomic E-state index is 0.0442.